The van der Waals surface area contributed by atoms with E-state index in [4.69, 9.17) is 4.74 Å². The number of aryl methyl sites for hydroxylation is 1. The van der Waals surface area contributed by atoms with Crippen molar-refractivity contribution in [1.82, 2.24) is 5.32 Å². The largest absolute Gasteiger partial charge is 0.497 e. The number of methoxy groups -OCH3 is 1. The molecule has 0 fully saturated rings. The third-order valence-corrected chi connectivity index (χ3v) is 5.36. The Labute approximate surface area is 166 Å². The lowest BCUT2D eigenvalue weighted by atomic mass is 9.82. The van der Waals surface area contributed by atoms with Crippen molar-refractivity contribution in [3.63, 3.8) is 0 Å². The fourth-order valence-electron chi connectivity index (χ4n) is 3.48. The van der Waals surface area contributed by atoms with Crippen LogP contribution in [0.5, 0.6) is 5.75 Å². The number of ether oxygens (including phenoxy) is 1. The molecule has 0 spiro atoms. The summed E-state index contributed by atoms with van der Waals surface area (Å²) in [5.41, 5.74) is 6.33. The normalized spacial score (nSPS) is 12.6. The van der Waals surface area contributed by atoms with E-state index >= 15 is 0 Å². The van der Waals surface area contributed by atoms with E-state index in [2.05, 4.69) is 69.1 Å². The quantitative estimate of drug-likeness (QED) is 0.542. The topological polar surface area (TPSA) is 21.3 Å². The maximum atomic E-state index is 5.35. The van der Waals surface area contributed by atoms with Crippen LogP contribution in [0.4, 0.5) is 0 Å². The molecule has 2 nitrogen and oxygen atoms in total. The fourth-order valence-corrected chi connectivity index (χ4v) is 3.48. The SMILES string of the molecule is C=C(C)C(CC)(Cc1ccc(-c2ccc(OC)cc2CC)cc1)NC.CC. The molecule has 1 unspecified atom stereocenters. The van der Waals surface area contributed by atoms with E-state index in [1.807, 2.05) is 27.0 Å². The minimum Gasteiger partial charge on any atom is -0.497 e. The van der Waals surface area contributed by atoms with E-state index in [-0.39, 0.29) is 5.54 Å². The molecular formula is C25H37NO. The van der Waals surface area contributed by atoms with Gasteiger partial charge >= 0.3 is 0 Å². The van der Waals surface area contributed by atoms with Crippen LogP contribution in [0.25, 0.3) is 11.1 Å². The Morgan fingerprint density at radius 2 is 1.70 bits per heavy atom. The molecule has 2 aromatic carbocycles. The molecule has 0 amide bonds. The lowest BCUT2D eigenvalue weighted by Crippen LogP contribution is -2.45. The van der Waals surface area contributed by atoms with Gasteiger partial charge in [-0.15, -0.1) is 0 Å². The summed E-state index contributed by atoms with van der Waals surface area (Å²) in [6.07, 6.45) is 2.97. The van der Waals surface area contributed by atoms with Crippen LogP contribution < -0.4 is 10.1 Å². The van der Waals surface area contributed by atoms with Crippen molar-refractivity contribution in [1.29, 1.82) is 0 Å². The van der Waals surface area contributed by atoms with Gasteiger partial charge in [0.25, 0.3) is 0 Å². The van der Waals surface area contributed by atoms with Gasteiger partial charge in [-0.3, -0.25) is 0 Å². The molecule has 0 heterocycles. The van der Waals surface area contributed by atoms with Crippen LogP contribution in [0, 0.1) is 0 Å². The Bertz CT molecular complexity index is 712. The minimum absolute atomic E-state index is 0.0315. The van der Waals surface area contributed by atoms with Crippen LogP contribution in [0.2, 0.25) is 0 Å². The summed E-state index contributed by atoms with van der Waals surface area (Å²) in [6, 6.07) is 15.3. The van der Waals surface area contributed by atoms with Gasteiger partial charge in [-0.05, 0) is 67.6 Å². The van der Waals surface area contributed by atoms with E-state index in [1.54, 1.807) is 7.11 Å². The molecule has 0 aliphatic rings. The van der Waals surface area contributed by atoms with Gasteiger partial charge in [0.1, 0.15) is 5.75 Å². The zero-order valence-electron chi connectivity index (χ0n) is 18.3. The van der Waals surface area contributed by atoms with Crippen LogP contribution in [-0.2, 0) is 12.8 Å². The first kappa shape index (κ1) is 23.0. The van der Waals surface area contributed by atoms with Crippen molar-refractivity contribution in [2.45, 2.75) is 59.4 Å². The second-order valence-corrected chi connectivity index (χ2v) is 6.72. The van der Waals surface area contributed by atoms with Crippen molar-refractivity contribution in [3.05, 3.63) is 65.7 Å². The predicted octanol–water partition coefficient (Wildman–Crippen LogP) is 6.44. The monoisotopic (exact) mass is 367 g/mol. The van der Waals surface area contributed by atoms with E-state index in [0.717, 1.165) is 25.0 Å². The summed E-state index contributed by atoms with van der Waals surface area (Å²) < 4.78 is 5.35. The summed E-state index contributed by atoms with van der Waals surface area (Å²) in [5.74, 6) is 0.917. The van der Waals surface area contributed by atoms with Gasteiger partial charge < -0.3 is 10.1 Å². The van der Waals surface area contributed by atoms with Gasteiger partial charge in [0, 0.05) is 5.54 Å². The highest BCUT2D eigenvalue weighted by Gasteiger charge is 2.27. The third-order valence-electron chi connectivity index (χ3n) is 5.36. The molecule has 0 aliphatic carbocycles. The molecule has 1 N–H and O–H groups in total. The number of rotatable bonds is 8. The smallest absolute Gasteiger partial charge is 0.119 e. The van der Waals surface area contributed by atoms with E-state index < -0.39 is 0 Å². The molecule has 2 heteroatoms. The first-order chi connectivity index (χ1) is 13.0. The first-order valence-electron chi connectivity index (χ1n) is 10.1. The Kier molecular flexibility index (Phi) is 9.31. The second-order valence-electron chi connectivity index (χ2n) is 6.72. The van der Waals surface area contributed by atoms with Crippen molar-refractivity contribution in [2.75, 3.05) is 14.2 Å². The van der Waals surface area contributed by atoms with Crippen molar-refractivity contribution in [2.24, 2.45) is 0 Å². The summed E-state index contributed by atoms with van der Waals surface area (Å²) in [4.78, 5) is 0. The van der Waals surface area contributed by atoms with Crippen LogP contribution >= 0.6 is 0 Å². The molecule has 2 rings (SSSR count). The van der Waals surface area contributed by atoms with Crippen LogP contribution in [0.3, 0.4) is 0 Å². The number of likely N-dealkylation sites (N-methyl/N-ethyl adjacent to an activating group) is 1. The van der Waals surface area contributed by atoms with Crippen LogP contribution in [-0.4, -0.2) is 19.7 Å². The van der Waals surface area contributed by atoms with Gasteiger partial charge in [0.15, 0.2) is 0 Å². The number of hydrogen-bond donors (Lipinski definition) is 1. The van der Waals surface area contributed by atoms with Crippen molar-refractivity contribution < 1.29 is 4.74 Å². The molecule has 0 bridgehead atoms. The summed E-state index contributed by atoms with van der Waals surface area (Å²) in [7, 11) is 3.74. The zero-order chi connectivity index (χ0) is 20.4. The third kappa shape index (κ3) is 5.46. The van der Waals surface area contributed by atoms with Gasteiger partial charge in [0.05, 0.1) is 7.11 Å². The van der Waals surface area contributed by atoms with Gasteiger partial charge in [-0.2, -0.15) is 0 Å². The highest BCUT2D eigenvalue weighted by molar-refractivity contribution is 5.68. The lowest BCUT2D eigenvalue weighted by molar-refractivity contribution is 0.396. The number of hydrogen-bond acceptors (Lipinski definition) is 2. The summed E-state index contributed by atoms with van der Waals surface area (Å²) in [6.45, 7) is 14.7. The molecule has 1 atom stereocenters. The zero-order valence-corrected chi connectivity index (χ0v) is 18.3. The predicted molar refractivity (Wildman–Crippen MR) is 120 cm³/mol. The summed E-state index contributed by atoms with van der Waals surface area (Å²) in [5, 5.41) is 3.48. The fraction of sp³-hybridized carbons (Fsp3) is 0.440. The van der Waals surface area contributed by atoms with Crippen LogP contribution in [0.15, 0.2) is 54.6 Å². The molecule has 0 saturated carbocycles. The average Bonchev–Trinajstić information content (AvgIpc) is 2.73. The van der Waals surface area contributed by atoms with Gasteiger partial charge in [-0.25, -0.2) is 0 Å². The summed E-state index contributed by atoms with van der Waals surface area (Å²) >= 11 is 0. The van der Waals surface area contributed by atoms with Crippen LogP contribution in [0.1, 0.15) is 52.2 Å². The molecule has 2 aromatic rings. The molecule has 0 radical (unpaired) electrons. The Hall–Kier alpha value is -2.06. The maximum Gasteiger partial charge on any atom is 0.119 e. The molecule has 27 heavy (non-hydrogen) atoms. The molecule has 0 aromatic heterocycles. The molecule has 0 saturated heterocycles. The maximum absolute atomic E-state index is 5.35. The molecule has 148 valence electrons. The Morgan fingerprint density at radius 3 is 2.15 bits per heavy atom. The standard InChI is InChI=1S/C23H31NO.C2H6/c1-7-19-15-21(25-6)13-14-22(19)20-11-9-18(10-12-20)16-23(8-2,24-5)17(3)4;1-2/h9-15,24H,3,7-8,16H2,1-2,4-6H3;1-2H3. The molecular weight excluding hydrogens is 330 g/mol. The lowest BCUT2D eigenvalue weighted by Gasteiger charge is -2.33. The average molecular weight is 368 g/mol. The Balaban J connectivity index is 0.00000176. The van der Waals surface area contributed by atoms with E-state index in [0.29, 0.717) is 0 Å². The van der Waals surface area contributed by atoms with Crippen molar-refractivity contribution in [3.8, 4) is 16.9 Å². The van der Waals surface area contributed by atoms with Gasteiger partial charge in [0.2, 0.25) is 0 Å². The van der Waals surface area contributed by atoms with E-state index in [1.165, 1.54) is 27.8 Å². The highest BCUT2D eigenvalue weighted by atomic mass is 16.5. The van der Waals surface area contributed by atoms with E-state index in [9.17, 15) is 0 Å². The second kappa shape index (κ2) is 10.9. The Morgan fingerprint density at radius 1 is 1.07 bits per heavy atom. The van der Waals surface area contributed by atoms with Crippen molar-refractivity contribution >= 4 is 0 Å². The molecule has 0 aliphatic heterocycles. The minimum atomic E-state index is -0.0315. The first-order valence-corrected chi connectivity index (χ1v) is 10.1. The van der Waals surface area contributed by atoms with Gasteiger partial charge in [-0.1, -0.05) is 70.2 Å². The highest BCUT2D eigenvalue weighted by Crippen LogP contribution is 2.30. The number of nitrogens with one attached hydrogen (secondary N) is 1. The number of benzene rings is 2.